The van der Waals surface area contributed by atoms with Gasteiger partial charge in [-0.25, -0.2) is 4.98 Å². The van der Waals surface area contributed by atoms with Crippen molar-refractivity contribution in [3.05, 3.63) is 60.0 Å². The fourth-order valence-electron chi connectivity index (χ4n) is 3.55. The lowest BCUT2D eigenvalue weighted by atomic mass is 10.1. The van der Waals surface area contributed by atoms with E-state index in [1.807, 2.05) is 0 Å². The minimum atomic E-state index is -0.117. The van der Waals surface area contributed by atoms with Crippen LogP contribution in [-0.2, 0) is 4.79 Å². The Morgan fingerprint density at radius 1 is 1.16 bits per heavy atom. The second-order valence-corrected chi connectivity index (χ2v) is 7.38. The molecule has 0 bridgehead atoms. The largest absolute Gasteiger partial charge is 0.463 e. The third-order valence-electron chi connectivity index (χ3n) is 5.34. The zero-order valence-electron chi connectivity index (χ0n) is 17.6. The number of hydrogen-bond donors (Lipinski definition) is 2. The minimum Gasteiger partial charge on any atom is -0.463 e. The highest BCUT2D eigenvalue weighted by atomic mass is 16.5. The number of benzene rings is 1. The SMILES string of the molecule is CC(=O)N1CCN(C(=O)c2coc3cc(Oc4ccc(/C(N)=C/C=N)cn4)ccc23)CC1. The Morgan fingerprint density at radius 3 is 2.56 bits per heavy atom. The number of piperazine rings is 1. The van der Waals surface area contributed by atoms with Gasteiger partial charge < -0.3 is 30.1 Å². The number of rotatable bonds is 5. The number of pyridine rings is 1. The highest BCUT2D eigenvalue weighted by Gasteiger charge is 2.25. The maximum Gasteiger partial charge on any atom is 0.257 e. The molecule has 1 fully saturated rings. The van der Waals surface area contributed by atoms with Crippen LogP contribution in [0.3, 0.4) is 0 Å². The van der Waals surface area contributed by atoms with Crippen molar-refractivity contribution in [2.45, 2.75) is 6.92 Å². The van der Waals surface area contributed by atoms with E-state index in [-0.39, 0.29) is 11.8 Å². The number of allylic oxidation sites excluding steroid dienone is 1. The van der Waals surface area contributed by atoms with Crippen LogP contribution in [0, 0.1) is 5.41 Å². The summed E-state index contributed by atoms with van der Waals surface area (Å²) in [5.41, 5.74) is 7.99. The van der Waals surface area contributed by atoms with Crippen LogP contribution in [0.5, 0.6) is 11.6 Å². The summed E-state index contributed by atoms with van der Waals surface area (Å²) in [5, 5.41) is 7.77. The predicted molar refractivity (Wildman–Crippen MR) is 120 cm³/mol. The van der Waals surface area contributed by atoms with E-state index in [9.17, 15) is 9.59 Å². The molecule has 2 amide bonds. The summed E-state index contributed by atoms with van der Waals surface area (Å²) in [6, 6.07) is 8.68. The van der Waals surface area contributed by atoms with Gasteiger partial charge in [0.05, 0.1) is 5.56 Å². The van der Waals surface area contributed by atoms with Gasteiger partial charge in [-0.2, -0.15) is 0 Å². The van der Waals surface area contributed by atoms with Crippen molar-refractivity contribution in [2.24, 2.45) is 5.73 Å². The molecule has 0 atom stereocenters. The Morgan fingerprint density at radius 2 is 1.91 bits per heavy atom. The lowest BCUT2D eigenvalue weighted by Crippen LogP contribution is -2.50. The number of carbonyl (C=O) groups is 2. The molecule has 9 nitrogen and oxygen atoms in total. The quantitative estimate of drug-likeness (QED) is 0.596. The molecule has 3 N–H and O–H groups in total. The number of ether oxygens (including phenoxy) is 1. The molecule has 0 spiro atoms. The molecule has 1 aliphatic heterocycles. The Balaban J connectivity index is 1.47. The fraction of sp³-hybridized carbons (Fsp3) is 0.217. The molecule has 164 valence electrons. The number of nitrogens with one attached hydrogen (secondary N) is 1. The Hall–Kier alpha value is -4.14. The van der Waals surface area contributed by atoms with Crippen LogP contribution in [0.2, 0.25) is 0 Å². The molecule has 1 aromatic carbocycles. The molecule has 9 heteroatoms. The van der Waals surface area contributed by atoms with E-state index in [2.05, 4.69) is 4.98 Å². The lowest BCUT2D eigenvalue weighted by molar-refractivity contribution is -0.130. The topological polar surface area (TPSA) is 126 Å². The van der Waals surface area contributed by atoms with Crippen LogP contribution < -0.4 is 10.5 Å². The van der Waals surface area contributed by atoms with Crippen LogP contribution in [0.25, 0.3) is 16.7 Å². The van der Waals surface area contributed by atoms with Crippen molar-refractivity contribution in [3.63, 3.8) is 0 Å². The number of nitrogens with two attached hydrogens (primary N) is 1. The molecule has 0 saturated carbocycles. The fourth-order valence-corrected chi connectivity index (χ4v) is 3.55. The number of nitrogens with zero attached hydrogens (tertiary/aromatic N) is 3. The summed E-state index contributed by atoms with van der Waals surface area (Å²) >= 11 is 0. The average molecular weight is 433 g/mol. The van der Waals surface area contributed by atoms with E-state index in [0.717, 1.165) is 6.21 Å². The normalized spacial score (nSPS) is 14.5. The molecule has 1 aliphatic rings. The van der Waals surface area contributed by atoms with Crippen LogP contribution in [0.15, 0.2) is 53.3 Å². The minimum absolute atomic E-state index is 0.0221. The van der Waals surface area contributed by atoms with Crippen molar-refractivity contribution in [2.75, 3.05) is 26.2 Å². The third kappa shape index (κ3) is 4.31. The number of fused-ring (bicyclic) bond motifs is 1. The van der Waals surface area contributed by atoms with Gasteiger partial charge >= 0.3 is 0 Å². The van der Waals surface area contributed by atoms with Gasteiger partial charge in [0.15, 0.2) is 0 Å². The first-order chi connectivity index (χ1) is 15.5. The standard InChI is InChI=1S/C23H23N5O4/c1-15(29)27-8-10-28(11-9-27)23(30)19-14-31-21-12-17(3-4-18(19)21)32-22-5-2-16(13-26-22)20(25)6-7-24/h2-7,12-14,24H,8-11,25H2,1H3/b20-6-,24-7?. The van der Waals surface area contributed by atoms with Gasteiger partial charge in [-0.15, -0.1) is 0 Å². The summed E-state index contributed by atoms with van der Waals surface area (Å²) in [5.74, 6) is 0.799. The number of hydrogen-bond acceptors (Lipinski definition) is 7. The molecular formula is C23H23N5O4. The molecular weight excluding hydrogens is 410 g/mol. The average Bonchev–Trinajstić information content (AvgIpc) is 3.22. The summed E-state index contributed by atoms with van der Waals surface area (Å²) in [7, 11) is 0. The first kappa shape index (κ1) is 21.1. The molecule has 2 aromatic heterocycles. The van der Waals surface area contributed by atoms with Crippen molar-refractivity contribution < 1.29 is 18.7 Å². The first-order valence-electron chi connectivity index (χ1n) is 10.1. The number of furan rings is 1. The zero-order chi connectivity index (χ0) is 22.7. The van der Waals surface area contributed by atoms with Gasteiger partial charge in [0.2, 0.25) is 11.8 Å². The molecule has 4 rings (SSSR count). The molecule has 1 saturated heterocycles. The Bertz CT molecular complexity index is 1190. The molecule has 3 heterocycles. The Labute approximate surface area is 184 Å². The van der Waals surface area contributed by atoms with Gasteiger partial charge in [0.25, 0.3) is 5.91 Å². The molecule has 3 aromatic rings. The van der Waals surface area contributed by atoms with Crippen molar-refractivity contribution in [3.8, 4) is 11.6 Å². The molecule has 0 unspecified atom stereocenters. The van der Waals surface area contributed by atoms with Gasteiger partial charge in [0, 0.05) is 74.3 Å². The summed E-state index contributed by atoms with van der Waals surface area (Å²) in [6.45, 7) is 3.59. The van der Waals surface area contributed by atoms with E-state index >= 15 is 0 Å². The monoisotopic (exact) mass is 433 g/mol. The van der Waals surface area contributed by atoms with E-state index in [0.29, 0.717) is 65.6 Å². The highest BCUT2D eigenvalue weighted by Crippen LogP contribution is 2.29. The maximum absolute atomic E-state index is 13.0. The van der Waals surface area contributed by atoms with Gasteiger partial charge in [-0.05, 0) is 24.3 Å². The second-order valence-electron chi connectivity index (χ2n) is 7.38. The number of aromatic nitrogens is 1. The van der Waals surface area contributed by atoms with Gasteiger partial charge in [-0.3, -0.25) is 9.59 Å². The van der Waals surface area contributed by atoms with Gasteiger partial charge in [0.1, 0.15) is 17.6 Å². The van der Waals surface area contributed by atoms with Crippen molar-refractivity contribution in [1.29, 1.82) is 5.41 Å². The van der Waals surface area contributed by atoms with E-state index in [1.165, 1.54) is 19.3 Å². The third-order valence-corrected chi connectivity index (χ3v) is 5.34. The second kappa shape index (κ2) is 8.93. The van der Waals surface area contributed by atoms with Gasteiger partial charge in [-0.1, -0.05) is 0 Å². The van der Waals surface area contributed by atoms with E-state index < -0.39 is 0 Å². The van der Waals surface area contributed by atoms with Crippen LogP contribution in [-0.4, -0.2) is 59.0 Å². The number of amides is 2. The van der Waals surface area contributed by atoms with E-state index in [1.54, 1.807) is 46.3 Å². The summed E-state index contributed by atoms with van der Waals surface area (Å²) in [4.78, 5) is 32.1. The Kier molecular flexibility index (Phi) is 5.89. The van der Waals surface area contributed by atoms with Crippen LogP contribution in [0.1, 0.15) is 22.8 Å². The first-order valence-corrected chi connectivity index (χ1v) is 10.1. The number of carbonyl (C=O) groups excluding carboxylic acids is 2. The van der Waals surface area contributed by atoms with E-state index in [4.69, 9.17) is 20.3 Å². The van der Waals surface area contributed by atoms with Crippen molar-refractivity contribution >= 4 is 34.7 Å². The lowest BCUT2D eigenvalue weighted by Gasteiger charge is -2.34. The molecule has 32 heavy (non-hydrogen) atoms. The molecule has 0 radical (unpaired) electrons. The smallest absolute Gasteiger partial charge is 0.257 e. The predicted octanol–water partition coefficient (Wildman–Crippen LogP) is 2.87. The van der Waals surface area contributed by atoms with Crippen molar-refractivity contribution in [1.82, 2.24) is 14.8 Å². The molecule has 0 aliphatic carbocycles. The maximum atomic E-state index is 13.0. The zero-order valence-corrected chi connectivity index (χ0v) is 17.6. The summed E-state index contributed by atoms with van der Waals surface area (Å²) in [6.07, 6.45) is 5.62. The van der Waals surface area contributed by atoms with Crippen LogP contribution >= 0.6 is 0 Å². The summed E-state index contributed by atoms with van der Waals surface area (Å²) < 4.78 is 11.4. The highest BCUT2D eigenvalue weighted by molar-refractivity contribution is 6.06. The van der Waals surface area contributed by atoms with Crippen LogP contribution in [0.4, 0.5) is 0 Å².